The van der Waals surface area contributed by atoms with Crippen LogP contribution in [-0.2, 0) is 19.5 Å². The molecule has 1 aliphatic heterocycles. The van der Waals surface area contributed by atoms with Gasteiger partial charge < -0.3 is 10.1 Å². The summed E-state index contributed by atoms with van der Waals surface area (Å²) >= 11 is 7.37. The van der Waals surface area contributed by atoms with E-state index in [1.807, 2.05) is 22.4 Å². The molecule has 26 heavy (non-hydrogen) atoms. The van der Waals surface area contributed by atoms with E-state index < -0.39 is 11.6 Å². The second-order valence-corrected chi connectivity index (χ2v) is 7.54. The first-order valence-corrected chi connectivity index (χ1v) is 9.32. The molecule has 4 rings (SSSR count). The minimum atomic E-state index is -0.745. The van der Waals surface area contributed by atoms with Crippen LogP contribution >= 0.6 is 22.9 Å². The van der Waals surface area contributed by atoms with Crippen molar-refractivity contribution in [2.75, 3.05) is 6.54 Å². The van der Waals surface area contributed by atoms with Gasteiger partial charge in [-0.15, -0.1) is 11.3 Å². The molecule has 0 aliphatic carbocycles. The van der Waals surface area contributed by atoms with E-state index in [1.165, 1.54) is 23.5 Å². The molecule has 2 N–H and O–H groups in total. The number of phenolic OH excluding ortho intramolecular Hbond substituents is 1. The number of nitrogens with one attached hydrogen (secondary N) is 1. The zero-order valence-electron chi connectivity index (χ0n) is 13.6. The molecule has 0 radical (unpaired) electrons. The van der Waals surface area contributed by atoms with Crippen molar-refractivity contribution in [1.82, 2.24) is 14.9 Å². The molecule has 3 aromatic rings. The first-order chi connectivity index (χ1) is 12.5. The normalized spacial score (nSPS) is 14.4. The fourth-order valence-corrected chi connectivity index (χ4v) is 4.01. The van der Waals surface area contributed by atoms with Gasteiger partial charge in [0.25, 0.3) is 5.56 Å². The van der Waals surface area contributed by atoms with Crippen LogP contribution in [-0.4, -0.2) is 26.5 Å². The lowest BCUT2D eigenvalue weighted by molar-refractivity contribution is 0.241. The topological polar surface area (TPSA) is 69.2 Å². The molecule has 0 fully saturated rings. The molecule has 5 nitrogen and oxygen atoms in total. The second-order valence-electron chi connectivity index (χ2n) is 6.19. The molecule has 0 amide bonds. The van der Waals surface area contributed by atoms with E-state index in [0.717, 1.165) is 10.6 Å². The molecular formula is C18H15ClFN3O2S. The number of aromatic amines is 1. The van der Waals surface area contributed by atoms with Gasteiger partial charge in [-0.2, -0.15) is 0 Å². The number of halogens is 2. The maximum atomic E-state index is 13.7. The average Bonchev–Trinajstić information content (AvgIpc) is 3.14. The Kier molecular flexibility index (Phi) is 4.52. The van der Waals surface area contributed by atoms with Gasteiger partial charge >= 0.3 is 0 Å². The summed E-state index contributed by atoms with van der Waals surface area (Å²) in [7, 11) is 0. The van der Waals surface area contributed by atoms with Crippen molar-refractivity contribution in [2.24, 2.45) is 0 Å². The van der Waals surface area contributed by atoms with Crippen LogP contribution in [0.15, 0.2) is 34.4 Å². The van der Waals surface area contributed by atoms with Crippen molar-refractivity contribution in [1.29, 1.82) is 0 Å². The molecule has 0 spiro atoms. The van der Waals surface area contributed by atoms with E-state index >= 15 is 0 Å². The van der Waals surface area contributed by atoms with Gasteiger partial charge in [0.15, 0.2) is 17.4 Å². The Balaban J connectivity index is 1.58. The summed E-state index contributed by atoms with van der Waals surface area (Å²) in [4.78, 5) is 22.9. The highest BCUT2D eigenvalue weighted by molar-refractivity contribution is 7.13. The maximum absolute atomic E-state index is 13.7. The number of phenols is 1. The SMILES string of the molecule is O=c1[nH]c(-c2cccs2)nc2c1CN(Cc1cc(F)c(O)c(Cl)c1)CC2. The van der Waals surface area contributed by atoms with Crippen LogP contribution in [0.25, 0.3) is 10.7 Å². The Labute approximate surface area is 157 Å². The molecule has 0 saturated heterocycles. The monoisotopic (exact) mass is 391 g/mol. The van der Waals surface area contributed by atoms with E-state index in [0.29, 0.717) is 43.0 Å². The molecule has 134 valence electrons. The lowest BCUT2D eigenvalue weighted by atomic mass is 10.1. The average molecular weight is 392 g/mol. The lowest BCUT2D eigenvalue weighted by Gasteiger charge is -2.27. The standard InChI is InChI=1S/C18H15ClFN3O2S/c19-12-6-10(7-13(20)16(12)24)8-23-4-3-14-11(9-23)18(25)22-17(21-14)15-2-1-5-26-15/h1-2,5-7,24H,3-4,8-9H2,(H,21,22,25). The molecule has 2 aromatic heterocycles. The highest BCUT2D eigenvalue weighted by atomic mass is 35.5. The molecule has 0 atom stereocenters. The zero-order chi connectivity index (χ0) is 18.3. The lowest BCUT2D eigenvalue weighted by Crippen LogP contribution is -2.35. The second kappa shape index (κ2) is 6.83. The van der Waals surface area contributed by atoms with Crippen LogP contribution in [0.1, 0.15) is 16.8 Å². The number of rotatable bonds is 3. The predicted octanol–water partition coefficient (Wildman–Crippen LogP) is 3.55. The largest absolute Gasteiger partial charge is 0.504 e. The Hall–Kier alpha value is -2.22. The minimum absolute atomic E-state index is 0.0162. The highest BCUT2D eigenvalue weighted by Crippen LogP contribution is 2.29. The van der Waals surface area contributed by atoms with Crippen molar-refractivity contribution >= 4 is 22.9 Å². The Morgan fingerprint density at radius 3 is 3.00 bits per heavy atom. The van der Waals surface area contributed by atoms with Crippen molar-refractivity contribution in [3.63, 3.8) is 0 Å². The molecule has 1 aromatic carbocycles. The fraction of sp³-hybridized carbons (Fsp3) is 0.222. The quantitative estimate of drug-likeness (QED) is 0.716. The third-order valence-corrected chi connectivity index (χ3v) is 5.55. The molecule has 0 saturated carbocycles. The van der Waals surface area contributed by atoms with Crippen LogP contribution in [0.5, 0.6) is 5.75 Å². The summed E-state index contributed by atoms with van der Waals surface area (Å²) in [5, 5.41) is 11.4. The third-order valence-electron chi connectivity index (χ3n) is 4.39. The van der Waals surface area contributed by atoms with Crippen LogP contribution in [0.2, 0.25) is 5.02 Å². The van der Waals surface area contributed by atoms with Crippen molar-refractivity contribution in [2.45, 2.75) is 19.5 Å². The van der Waals surface area contributed by atoms with Gasteiger partial charge in [0, 0.05) is 26.1 Å². The van der Waals surface area contributed by atoms with Gasteiger partial charge in [-0.05, 0) is 29.1 Å². The number of hydrogen-bond acceptors (Lipinski definition) is 5. The number of nitrogens with zero attached hydrogens (tertiary/aromatic N) is 2. The number of fused-ring (bicyclic) bond motifs is 1. The van der Waals surface area contributed by atoms with E-state index in [1.54, 1.807) is 0 Å². The minimum Gasteiger partial charge on any atom is -0.504 e. The van der Waals surface area contributed by atoms with Gasteiger partial charge in [0.2, 0.25) is 0 Å². The molecule has 0 bridgehead atoms. The van der Waals surface area contributed by atoms with Gasteiger partial charge in [-0.25, -0.2) is 9.37 Å². The zero-order valence-corrected chi connectivity index (χ0v) is 15.2. The van der Waals surface area contributed by atoms with Crippen molar-refractivity contribution in [3.8, 4) is 16.5 Å². The van der Waals surface area contributed by atoms with Gasteiger partial charge in [0.05, 0.1) is 21.2 Å². The summed E-state index contributed by atoms with van der Waals surface area (Å²) in [6.45, 7) is 1.57. The summed E-state index contributed by atoms with van der Waals surface area (Å²) < 4.78 is 13.7. The van der Waals surface area contributed by atoms with Crippen molar-refractivity contribution in [3.05, 3.63) is 67.7 Å². The smallest absolute Gasteiger partial charge is 0.255 e. The molecule has 8 heteroatoms. The summed E-state index contributed by atoms with van der Waals surface area (Å²) in [5.41, 5.74) is 1.96. The number of aromatic hydroxyl groups is 1. The summed E-state index contributed by atoms with van der Waals surface area (Å²) in [6.07, 6.45) is 0.645. The number of benzene rings is 1. The maximum Gasteiger partial charge on any atom is 0.255 e. The summed E-state index contributed by atoms with van der Waals surface area (Å²) in [5.74, 6) is -0.684. The Bertz CT molecular complexity index is 997. The predicted molar refractivity (Wildman–Crippen MR) is 99.1 cm³/mol. The van der Waals surface area contributed by atoms with Crippen LogP contribution in [0.3, 0.4) is 0 Å². The highest BCUT2D eigenvalue weighted by Gasteiger charge is 2.22. The number of hydrogen-bond donors (Lipinski definition) is 2. The first kappa shape index (κ1) is 17.2. The Morgan fingerprint density at radius 1 is 1.42 bits per heavy atom. The van der Waals surface area contributed by atoms with Crippen LogP contribution in [0, 0.1) is 5.82 Å². The molecule has 0 unspecified atom stereocenters. The van der Waals surface area contributed by atoms with Crippen molar-refractivity contribution < 1.29 is 9.50 Å². The first-order valence-electron chi connectivity index (χ1n) is 8.06. The molecule has 3 heterocycles. The Morgan fingerprint density at radius 2 is 2.27 bits per heavy atom. The third kappa shape index (κ3) is 3.25. The van der Waals surface area contributed by atoms with E-state index in [2.05, 4.69) is 9.97 Å². The van der Waals surface area contributed by atoms with Gasteiger partial charge in [-0.1, -0.05) is 17.7 Å². The number of thiophene rings is 1. The van der Waals surface area contributed by atoms with Crippen LogP contribution in [0.4, 0.5) is 4.39 Å². The van der Waals surface area contributed by atoms with Crippen LogP contribution < -0.4 is 5.56 Å². The fourth-order valence-electron chi connectivity index (χ4n) is 3.11. The molecular weight excluding hydrogens is 377 g/mol. The number of H-pyrrole nitrogens is 1. The van der Waals surface area contributed by atoms with E-state index in [4.69, 9.17) is 11.6 Å². The van der Waals surface area contributed by atoms with Gasteiger partial charge in [0.1, 0.15) is 0 Å². The molecule has 1 aliphatic rings. The number of aromatic nitrogens is 2. The van der Waals surface area contributed by atoms with E-state index in [9.17, 15) is 14.3 Å². The summed E-state index contributed by atoms with van der Waals surface area (Å²) in [6, 6.07) is 6.65. The van der Waals surface area contributed by atoms with E-state index in [-0.39, 0.29) is 10.6 Å². The van der Waals surface area contributed by atoms with Gasteiger partial charge in [-0.3, -0.25) is 9.69 Å².